The Kier molecular flexibility index (Phi) is 6.14. The van der Waals surface area contributed by atoms with Gasteiger partial charge in [0.1, 0.15) is 0 Å². The molecule has 0 aromatic carbocycles. The molecule has 0 radical (unpaired) electrons. The average molecular weight is 226 g/mol. The molecule has 0 N–H and O–H groups in total. The van der Waals surface area contributed by atoms with Crippen LogP contribution in [-0.2, 0) is 4.74 Å². The standard InChI is InChI=1S/C15H30O/c1-13(16-12-15(5,6)7)10-8-9-11-14(2,3)4/h1,8-12H2,2-7H3. The van der Waals surface area contributed by atoms with E-state index in [-0.39, 0.29) is 5.41 Å². The van der Waals surface area contributed by atoms with Crippen LogP contribution in [0.15, 0.2) is 12.3 Å². The summed E-state index contributed by atoms with van der Waals surface area (Å²) in [4.78, 5) is 0. The van der Waals surface area contributed by atoms with Crippen molar-refractivity contribution in [1.82, 2.24) is 0 Å². The summed E-state index contributed by atoms with van der Waals surface area (Å²) in [7, 11) is 0. The molecule has 0 unspecified atom stereocenters. The van der Waals surface area contributed by atoms with Crippen LogP contribution in [0.4, 0.5) is 0 Å². The van der Waals surface area contributed by atoms with Crippen molar-refractivity contribution in [1.29, 1.82) is 0 Å². The molecule has 0 atom stereocenters. The van der Waals surface area contributed by atoms with Crippen LogP contribution in [0.3, 0.4) is 0 Å². The lowest BCUT2D eigenvalue weighted by Gasteiger charge is -2.20. The molecule has 1 nitrogen and oxygen atoms in total. The largest absolute Gasteiger partial charge is 0.498 e. The predicted octanol–water partition coefficient (Wildman–Crippen LogP) is 5.17. The lowest BCUT2D eigenvalue weighted by molar-refractivity contribution is 0.121. The van der Waals surface area contributed by atoms with E-state index < -0.39 is 0 Å². The van der Waals surface area contributed by atoms with E-state index in [9.17, 15) is 0 Å². The molecule has 0 heterocycles. The van der Waals surface area contributed by atoms with E-state index in [4.69, 9.17) is 4.74 Å². The van der Waals surface area contributed by atoms with Gasteiger partial charge in [0.05, 0.1) is 12.4 Å². The Morgan fingerprint density at radius 2 is 1.50 bits per heavy atom. The van der Waals surface area contributed by atoms with Crippen molar-refractivity contribution in [3.05, 3.63) is 12.3 Å². The zero-order chi connectivity index (χ0) is 12.8. The smallest absolute Gasteiger partial charge is 0.0925 e. The van der Waals surface area contributed by atoms with Gasteiger partial charge in [-0.05, 0) is 23.7 Å². The van der Waals surface area contributed by atoms with Crippen molar-refractivity contribution >= 4 is 0 Å². The fourth-order valence-electron chi connectivity index (χ4n) is 1.37. The molecule has 0 rings (SSSR count). The molecular formula is C15H30O. The summed E-state index contributed by atoms with van der Waals surface area (Å²) < 4.78 is 5.64. The monoisotopic (exact) mass is 226 g/mol. The summed E-state index contributed by atoms with van der Waals surface area (Å²) in [6, 6.07) is 0. The molecule has 0 saturated carbocycles. The summed E-state index contributed by atoms with van der Waals surface area (Å²) in [6.45, 7) is 18.1. The second-order valence-electron chi connectivity index (χ2n) is 7.16. The SMILES string of the molecule is C=C(CCCCC(C)(C)C)OCC(C)(C)C. The van der Waals surface area contributed by atoms with Crippen LogP contribution in [0.2, 0.25) is 0 Å². The molecule has 0 fully saturated rings. The first-order chi connectivity index (χ1) is 7.10. The first-order valence-corrected chi connectivity index (χ1v) is 6.41. The normalized spacial score (nSPS) is 12.6. The molecule has 0 aromatic heterocycles. The molecule has 96 valence electrons. The minimum absolute atomic E-state index is 0.231. The summed E-state index contributed by atoms with van der Waals surface area (Å²) in [5, 5.41) is 0. The minimum Gasteiger partial charge on any atom is -0.498 e. The van der Waals surface area contributed by atoms with Crippen molar-refractivity contribution in [2.45, 2.75) is 67.2 Å². The molecule has 0 amide bonds. The van der Waals surface area contributed by atoms with E-state index in [0.29, 0.717) is 5.41 Å². The predicted molar refractivity (Wildman–Crippen MR) is 72.5 cm³/mol. The molecule has 0 saturated heterocycles. The van der Waals surface area contributed by atoms with Gasteiger partial charge in [-0.3, -0.25) is 0 Å². The van der Waals surface area contributed by atoms with Gasteiger partial charge in [-0.15, -0.1) is 0 Å². The van der Waals surface area contributed by atoms with Gasteiger partial charge >= 0.3 is 0 Å². The number of unbranched alkanes of at least 4 members (excludes halogenated alkanes) is 1. The van der Waals surface area contributed by atoms with Crippen molar-refractivity contribution in [3.8, 4) is 0 Å². The van der Waals surface area contributed by atoms with Crippen LogP contribution < -0.4 is 0 Å². The molecule has 0 aliphatic heterocycles. The Morgan fingerprint density at radius 3 is 1.94 bits per heavy atom. The number of allylic oxidation sites excluding steroid dienone is 1. The molecule has 0 aliphatic rings. The second kappa shape index (κ2) is 6.32. The number of rotatable bonds is 6. The van der Waals surface area contributed by atoms with Crippen molar-refractivity contribution in [2.75, 3.05) is 6.61 Å². The molecule has 0 aliphatic carbocycles. The van der Waals surface area contributed by atoms with E-state index in [1.54, 1.807) is 0 Å². The quantitative estimate of drug-likeness (QED) is 0.448. The van der Waals surface area contributed by atoms with E-state index in [1.165, 1.54) is 19.3 Å². The second-order valence-corrected chi connectivity index (χ2v) is 7.16. The summed E-state index contributed by atoms with van der Waals surface area (Å²) in [5.74, 6) is 0.948. The fourth-order valence-corrected chi connectivity index (χ4v) is 1.37. The average Bonchev–Trinajstić information content (AvgIpc) is 2.06. The van der Waals surface area contributed by atoms with Crippen molar-refractivity contribution in [2.24, 2.45) is 10.8 Å². The molecule has 16 heavy (non-hydrogen) atoms. The lowest BCUT2D eigenvalue weighted by atomic mass is 9.89. The number of hydrogen-bond donors (Lipinski definition) is 0. The highest BCUT2D eigenvalue weighted by atomic mass is 16.5. The molecule has 0 bridgehead atoms. The number of ether oxygens (including phenoxy) is 1. The maximum absolute atomic E-state index is 5.64. The summed E-state index contributed by atoms with van der Waals surface area (Å²) in [5.41, 5.74) is 0.682. The Labute approximate surface area is 102 Å². The Hall–Kier alpha value is -0.460. The van der Waals surface area contributed by atoms with E-state index in [2.05, 4.69) is 48.1 Å². The summed E-state index contributed by atoms with van der Waals surface area (Å²) >= 11 is 0. The minimum atomic E-state index is 0.231. The van der Waals surface area contributed by atoms with Gasteiger partial charge in [-0.2, -0.15) is 0 Å². The highest BCUT2D eigenvalue weighted by Gasteiger charge is 2.12. The van der Waals surface area contributed by atoms with Crippen LogP contribution in [0.5, 0.6) is 0 Å². The van der Waals surface area contributed by atoms with Gasteiger partial charge in [-0.1, -0.05) is 54.5 Å². The molecule has 0 spiro atoms. The van der Waals surface area contributed by atoms with Crippen LogP contribution in [0, 0.1) is 10.8 Å². The van der Waals surface area contributed by atoms with Gasteiger partial charge in [0.2, 0.25) is 0 Å². The maximum Gasteiger partial charge on any atom is 0.0925 e. The third kappa shape index (κ3) is 11.6. The third-order valence-corrected chi connectivity index (χ3v) is 2.34. The van der Waals surface area contributed by atoms with Gasteiger partial charge in [-0.25, -0.2) is 0 Å². The zero-order valence-electron chi connectivity index (χ0n) is 12.2. The van der Waals surface area contributed by atoms with Gasteiger partial charge in [0.15, 0.2) is 0 Å². The van der Waals surface area contributed by atoms with Crippen LogP contribution in [-0.4, -0.2) is 6.61 Å². The van der Waals surface area contributed by atoms with E-state index in [0.717, 1.165) is 18.8 Å². The zero-order valence-corrected chi connectivity index (χ0v) is 12.2. The highest BCUT2D eigenvalue weighted by Crippen LogP contribution is 2.23. The van der Waals surface area contributed by atoms with E-state index in [1.807, 2.05) is 0 Å². The Bertz CT molecular complexity index is 202. The number of hydrogen-bond acceptors (Lipinski definition) is 1. The van der Waals surface area contributed by atoms with E-state index >= 15 is 0 Å². The molecule has 1 heteroatoms. The Balaban J connectivity index is 3.52. The lowest BCUT2D eigenvalue weighted by Crippen LogP contribution is -2.14. The summed E-state index contributed by atoms with van der Waals surface area (Å²) in [6.07, 6.45) is 4.74. The van der Waals surface area contributed by atoms with Crippen LogP contribution in [0.1, 0.15) is 67.2 Å². The van der Waals surface area contributed by atoms with Gasteiger partial charge < -0.3 is 4.74 Å². The highest BCUT2D eigenvalue weighted by molar-refractivity contribution is 4.83. The molecular weight excluding hydrogens is 196 g/mol. The van der Waals surface area contributed by atoms with Crippen LogP contribution in [0.25, 0.3) is 0 Å². The first kappa shape index (κ1) is 15.5. The van der Waals surface area contributed by atoms with Gasteiger partial charge in [0, 0.05) is 6.42 Å². The topological polar surface area (TPSA) is 9.23 Å². The van der Waals surface area contributed by atoms with Crippen LogP contribution >= 0.6 is 0 Å². The van der Waals surface area contributed by atoms with Crippen molar-refractivity contribution in [3.63, 3.8) is 0 Å². The third-order valence-electron chi connectivity index (χ3n) is 2.34. The fraction of sp³-hybridized carbons (Fsp3) is 0.867. The van der Waals surface area contributed by atoms with Crippen molar-refractivity contribution < 1.29 is 4.74 Å². The Morgan fingerprint density at radius 1 is 0.938 bits per heavy atom. The first-order valence-electron chi connectivity index (χ1n) is 6.41. The molecule has 0 aromatic rings. The van der Waals surface area contributed by atoms with Gasteiger partial charge in [0.25, 0.3) is 0 Å². The maximum atomic E-state index is 5.64.